The van der Waals surface area contributed by atoms with Gasteiger partial charge < -0.3 is 14.6 Å². The molecule has 0 radical (unpaired) electrons. The van der Waals surface area contributed by atoms with E-state index < -0.39 is 11.9 Å². The Morgan fingerprint density at radius 2 is 0.947 bits per heavy atom. The summed E-state index contributed by atoms with van der Waals surface area (Å²) in [5.74, 6) is -1.91. The Kier molecular flexibility index (Phi) is 14.3. The highest BCUT2D eigenvalue weighted by molar-refractivity contribution is 7.99. The van der Waals surface area contributed by atoms with E-state index in [9.17, 15) is 19.2 Å². The van der Waals surface area contributed by atoms with Crippen LogP contribution in [0.3, 0.4) is 0 Å². The predicted molar refractivity (Wildman–Crippen MR) is 225 cm³/mol. The van der Waals surface area contributed by atoms with E-state index in [1.54, 1.807) is 72.8 Å². The van der Waals surface area contributed by atoms with Crippen LogP contribution in [-0.4, -0.2) is 34.9 Å². The molecular weight excluding hydrogens is 735 g/mol. The van der Waals surface area contributed by atoms with E-state index in [4.69, 9.17) is 9.68 Å². The summed E-state index contributed by atoms with van der Waals surface area (Å²) in [6, 6.07) is 38.3. The Morgan fingerprint density at radius 3 is 1.37 bits per heavy atom. The summed E-state index contributed by atoms with van der Waals surface area (Å²) in [6.45, 7) is 4.70. The number of Topliss-reactive ketones (excluding diaryl/α,β-unsaturated/α-hetero) is 2. The van der Waals surface area contributed by atoms with Crippen molar-refractivity contribution in [2.24, 2.45) is 10.3 Å². The molecule has 0 unspecified atom stereocenters. The highest BCUT2D eigenvalue weighted by Crippen LogP contribution is 2.49. The summed E-state index contributed by atoms with van der Waals surface area (Å²) in [5, 5.41) is 8.21. The highest BCUT2D eigenvalue weighted by atomic mass is 32.2. The molecule has 0 saturated carbocycles. The number of hydrogen-bond acceptors (Lipinski definition) is 10. The van der Waals surface area contributed by atoms with E-state index in [1.807, 2.05) is 42.5 Å². The second-order valence-corrected chi connectivity index (χ2v) is 14.8. The summed E-state index contributed by atoms with van der Waals surface area (Å²) in [4.78, 5) is 68.0. The monoisotopic (exact) mass is 779 g/mol. The van der Waals surface area contributed by atoms with E-state index in [0.717, 1.165) is 52.4 Å². The Labute approximate surface area is 337 Å². The van der Waals surface area contributed by atoms with Gasteiger partial charge in [0.05, 0.1) is 22.5 Å². The molecule has 0 aromatic heterocycles. The summed E-state index contributed by atoms with van der Waals surface area (Å²) < 4.78 is 0. The minimum Gasteiger partial charge on any atom is -0.335 e. The molecule has 0 amide bonds. The fraction of sp³-hybridized carbons (Fsp3) is 0.234. The predicted octanol–water partition coefficient (Wildman–Crippen LogP) is 11.4. The van der Waals surface area contributed by atoms with Gasteiger partial charge >= 0.3 is 11.9 Å². The van der Waals surface area contributed by atoms with Crippen molar-refractivity contribution in [3.63, 3.8) is 0 Å². The van der Waals surface area contributed by atoms with Crippen LogP contribution in [0.5, 0.6) is 0 Å². The molecule has 10 heteroatoms. The zero-order chi connectivity index (χ0) is 40.0. The van der Waals surface area contributed by atoms with Crippen LogP contribution in [0.15, 0.2) is 147 Å². The molecule has 0 N–H and O–H groups in total. The largest absolute Gasteiger partial charge is 0.365 e. The van der Waals surface area contributed by atoms with Crippen LogP contribution in [0.1, 0.15) is 112 Å². The van der Waals surface area contributed by atoms with Crippen LogP contribution in [0.25, 0.3) is 0 Å². The van der Waals surface area contributed by atoms with Crippen LogP contribution in [0.4, 0.5) is 11.4 Å². The lowest BCUT2D eigenvalue weighted by Gasteiger charge is -2.33. The van der Waals surface area contributed by atoms with Gasteiger partial charge in [-0.2, -0.15) is 0 Å². The first-order chi connectivity index (χ1) is 27.9. The van der Waals surface area contributed by atoms with Crippen LogP contribution in [0.2, 0.25) is 0 Å². The van der Waals surface area contributed by atoms with Gasteiger partial charge in [-0.15, -0.1) is 0 Å². The number of hydrogen-bond donors (Lipinski definition) is 0. The van der Waals surface area contributed by atoms with E-state index in [1.165, 1.54) is 11.8 Å². The topological polar surface area (TPSA) is 115 Å². The molecule has 1 aliphatic rings. The fourth-order valence-corrected chi connectivity index (χ4v) is 7.55. The van der Waals surface area contributed by atoms with E-state index in [2.05, 4.69) is 41.2 Å². The average molecular weight is 780 g/mol. The molecule has 0 spiro atoms. The standard InChI is InChI=1S/C47H45N3O6S/c1-3-5-10-24-38(48-55-46(53)34-20-14-8-15-21-34)44(51)36-26-28-40-42(30-36)57-43-31-37(27-29-41(43)50(40)32-33-18-12-7-13-19-33)45(52)39(25-11-6-4-2)49-56-47(54)35-22-16-9-17-23-35/h7-9,12-23,26-31H,3-6,10-11,24-25,32H2,1-2H3/b48-38+,49-39+. The van der Waals surface area contributed by atoms with Crippen molar-refractivity contribution >= 4 is 58.1 Å². The van der Waals surface area contributed by atoms with Gasteiger partial charge in [-0.05, 0) is 91.9 Å². The maximum atomic E-state index is 14.1. The zero-order valence-corrected chi connectivity index (χ0v) is 33.0. The molecule has 0 bridgehead atoms. The Hall–Kier alpha value is -6.13. The zero-order valence-electron chi connectivity index (χ0n) is 32.2. The number of ketones is 2. The molecule has 0 fully saturated rings. The number of fused-ring (bicyclic) bond motifs is 2. The number of oxime groups is 2. The third-order valence-corrected chi connectivity index (χ3v) is 10.6. The molecule has 0 atom stereocenters. The van der Waals surface area contributed by atoms with Crippen molar-refractivity contribution < 1.29 is 28.9 Å². The molecule has 6 rings (SSSR count). The van der Waals surface area contributed by atoms with E-state index >= 15 is 0 Å². The lowest BCUT2D eigenvalue weighted by molar-refractivity contribution is 0.0505. The van der Waals surface area contributed by atoms with Crippen molar-refractivity contribution in [3.05, 3.63) is 155 Å². The number of rotatable bonds is 18. The number of carbonyl (C=O) groups is 4. The molecule has 1 heterocycles. The number of anilines is 2. The number of unbranched alkanes of at least 4 members (excludes halogenated alkanes) is 4. The second kappa shape index (κ2) is 20.2. The third kappa shape index (κ3) is 10.6. The summed E-state index contributed by atoms with van der Waals surface area (Å²) in [6.07, 6.45) is 5.84. The van der Waals surface area contributed by atoms with Crippen molar-refractivity contribution in [2.45, 2.75) is 81.5 Å². The summed E-state index contributed by atoms with van der Waals surface area (Å²) in [5.41, 5.74) is 4.74. The van der Waals surface area contributed by atoms with Crippen molar-refractivity contribution in [1.29, 1.82) is 0 Å². The Balaban J connectivity index is 1.32. The van der Waals surface area contributed by atoms with Gasteiger partial charge in [0.1, 0.15) is 11.4 Å². The van der Waals surface area contributed by atoms with E-state index in [-0.39, 0.29) is 23.0 Å². The van der Waals surface area contributed by atoms with Gasteiger partial charge in [-0.1, -0.05) is 128 Å². The first kappa shape index (κ1) is 40.5. The molecule has 9 nitrogen and oxygen atoms in total. The minimum atomic E-state index is -0.635. The van der Waals surface area contributed by atoms with Gasteiger partial charge in [-0.3, -0.25) is 9.59 Å². The normalized spacial score (nSPS) is 12.4. The molecule has 0 saturated heterocycles. The van der Waals surface area contributed by atoms with Crippen LogP contribution < -0.4 is 4.90 Å². The van der Waals surface area contributed by atoms with E-state index in [0.29, 0.717) is 54.5 Å². The summed E-state index contributed by atoms with van der Waals surface area (Å²) >= 11 is 1.46. The number of carbonyl (C=O) groups excluding carboxylic acids is 4. The summed E-state index contributed by atoms with van der Waals surface area (Å²) in [7, 11) is 0. The van der Waals surface area contributed by atoms with Crippen molar-refractivity contribution in [2.75, 3.05) is 4.90 Å². The SMILES string of the molecule is CCCCC/C(=N\OC(=O)c1ccccc1)C(=O)c1ccc2c(c1)Sc1cc(C(=O)/C(CCCCC)=N/OC(=O)c3ccccc3)ccc1N2Cc1ccccc1. The van der Waals surface area contributed by atoms with Gasteiger partial charge in [0.25, 0.3) is 0 Å². The second-order valence-electron chi connectivity index (χ2n) is 13.7. The van der Waals surface area contributed by atoms with Gasteiger partial charge in [0.15, 0.2) is 0 Å². The lowest BCUT2D eigenvalue weighted by atomic mass is 10.0. The third-order valence-electron chi connectivity index (χ3n) is 9.48. The molecule has 1 aliphatic heterocycles. The van der Waals surface area contributed by atoms with Crippen LogP contribution in [0, 0.1) is 0 Å². The van der Waals surface area contributed by atoms with Crippen LogP contribution >= 0.6 is 11.8 Å². The minimum absolute atomic E-state index is 0.172. The molecule has 5 aromatic rings. The maximum Gasteiger partial charge on any atom is 0.365 e. The maximum absolute atomic E-state index is 14.1. The van der Waals surface area contributed by atoms with Crippen LogP contribution in [-0.2, 0) is 16.2 Å². The average Bonchev–Trinajstić information content (AvgIpc) is 3.25. The molecule has 57 heavy (non-hydrogen) atoms. The Morgan fingerprint density at radius 1 is 0.526 bits per heavy atom. The first-order valence-corrected chi connectivity index (χ1v) is 20.2. The smallest absolute Gasteiger partial charge is 0.335 e. The van der Waals surface area contributed by atoms with Gasteiger partial charge in [-0.25, -0.2) is 9.59 Å². The van der Waals surface area contributed by atoms with Gasteiger partial charge in [0.2, 0.25) is 11.6 Å². The highest BCUT2D eigenvalue weighted by Gasteiger charge is 2.28. The molecular formula is C47H45N3O6S. The number of benzene rings is 5. The van der Waals surface area contributed by atoms with Gasteiger partial charge in [0, 0.05) is 27.5 Å². The van der Waals surface area contributed by atoms with Crippen molar-refractivity contribution in [1.82, 2.24) is 0 Å². The fourth-order valence-electron chi connectivity index (χ4n) is 6.37. The molecule has 290 valence electrons. The number of nitrogens with zero attached hydrogens (tertiary/aromatic N) is 3. The molecule has 5 aromatic carbocycles. The van der Waals surface area contributed by atoms with Crippen molar-refractivity contribution in [3.8, 4) is 0 Å². The Bertz CT molecular complexity index is 2120. The molecule has 0 aliphatic carbocycles. The first-order valence-electron chi connectivity index (χ1n) is 19.4. The quantitative estimate of drug-likeness (QED) is 0.0284. The lowest BCUT2D eigenvalue weighted by Crippen LogP contribution is -2.22.